The minimum atomic E-state index is -0.779. The molecule has 2 aromatic carbocycles. The second-order valence-electron chi connectivity index (χ2n) is 7.68. The molecule has 0 fully saturated rings. The summed E-state index contributed by atoms with van der Waals surface area (Å²) in [4.78, 5) is 16.2. The molecule has 1 aliphatic rings. The van der Waals surface area contributed by atoms with Gasteiger partial charge in [0.25, 0.3) is 0 Å². The van der Waals surface area contributed by atoms with E-state index in [4.69, 9.17) is 13.9 Å². The smallest absolute Gasteiger partial charge is 0.307 e. The Kier molecular flexibility index (Phi) is 6.26. The molecule has 6 nitrogen and oxygen atoms in total. The van der Waals surface area contributed by atoms with E-state index < -0.39 is 11.9 Å². The SMILES string of the molecule is CCc1oc(-c2ccccc2)nc1CCOc1ccc2c(c1)OCC2C(CC)C(=O)O. The van der Waals surface area contributed by atoms with Crippen LogP contribution in [0.15, 0.2) is 52.9 Å². The van der Waals surface area contributed by atoms with Crippen molar-refractivity contribution in [2.45, 2.75) is 39.0 Å². The summed E-state index contributed by atoms with van der Waals surface area (Å²) in [6, 6.07) is 15.5. The molecule has 1 N–H and O–H groups in total. The molecule has 0 spiro atoms. The average molecular weight is 421 g/mol. The zero-order valence-corrected chi connectivity index (χ0v) is 17.8. The molecule has 31 heavy (non-hydrogen) atoms. The lowest BCUT2D eigenvalue weighted by Gasteiger charge is -2.16. The van der Waals surface area contributed by atoms with Gasteiger partial charge in [0.15, 0.2) is 0 Å². The molecule has 0 saturated heterocycles. The van der Waals surface area contributed by atoms with Gasteiger partial charge in [-0.2, -0.15) is 0 Å². The van der Waals surface area contributed by atoms with Gasteiger partial charge in [-0.3, -0.25) is 4.79 Å². The topological polar surface area (TPSA) is 81.8 Å². The molecule has 2 heterocycles. The lowest BCUT2D eigenvalue weighted by molar-refractivity contribution is -0.142. The van der Waals surface area contributed by atoms with Gasteiger partial charge in [0.1, 0.15) is 17.3 Å². The zero-order valence-electron chi connectivity index (χ0n) is 17.8. The van der Waals surface area contributed by atoms with E-state index in [1.807, 2.05) is 55.5 Å². The van der Waals surface area contributed by atoms with Crippen LogP contribution in [0.3, 0.4) is 0 Å². The van der Waals surface area contributed by atoms with Crippen molar-refractivity contribution < 1.29 is 23.8 Å². The largest absolute Gasteiger partial charge is 0.493 e. The number of carboxylic acid groups (broad SMARTS) is 1. The molecule has 2 atom stereocenters. The number of carboxylic acids is 1. The van der Waals surface area contributed by atoms with Gasteiger partial charge in [0.05, 0.1) is 24.8 Å². The number of oxazole rings is 1. The molecule has 3 aromatic rings. The summed E-state index contributed by atoms with van der Waals surface area (Å²) >= 11 is 0. The summed E-state index contributed by atoms with van der Waals surface area (Å²) in [6.07, 6.45) is 1.98. The molecular weight excluding hydrogens is 394 g/mol. The molecule has 0 amide bonds. The third kappa shape index (κ3) is 4.43. The highest BCUT2D eigenvalue weighted by Gasteiger charge is 2.34. The Morgan fingerprint density at radius 2 is 2.03 bits per heavy atom. The maximum Gasteiger partial charge on any atom is 0.307 e. The van der Waals surface area contributed by atoms with Crippen LogP contribution in [0.1, 0.15) is 43.2 Å². The number of hydrogen-bond acceptors (Lipinski definition) is 5. The van der Waals surface area contributed by atoms with Gasteiger partial charge in [-0.25, -0.2) is 4.98 Å². The number of aromatic nitrogens is 1. The normalized spacial score (nSPS) is 15.9. The average Bonchev–Trinajstić information content (AvgIpc) is 3.39. The Labute approximate surface area is 181 Å². The minimum Gasteiger partial charge on any atom is -0.493 e. The van der Waals surface area contributed by atoms with E-state index in [0.29, 0.717) is 43.4 Å². The third-order valence-electron chi connectivity index (χ3n) is 5.77. The fourth-order valence-corrected chi connectivity index (χ4v) is 4.09. The zero-order chi connectivity index (χ0) is 21.8. The maximum atomic E-state index is 11.5. The Hall–Kier alpha value is -3.28. The van der Waals surface area contributed by atoms with Crippen LogP contribution in [0.4, 0.5) is 0 Å². The number of hydrogen-bond donors (Lipinski definition) is 1. The number of carbonyl (C=O) groups is 1. The first kappa shape index (κ1) is 21.0. The van der Waals surface area contributed by atoms with E-state index in [-0.39, 0.29) is 5.92 Å². The van der Waals surface area contributed by atoms with Gasteiger partial charge >= 0.3 is 5.97 Å². The van der Waals surface area contributed by atoms with Gasteiger partial charge in [-0.15, -0.1) is 0 Å². The van der Waals surface area contributed by atoms with Gasteiger partial charge < -0.3 is 19.0 Å². The molecule has 1 aromatic heterocycles. The molecule has 0 radical (unpaired) electrons. The number of ether oxygens (including phenoxy) is 2. The van der Waals surface area contributed by atoms with E-state index >= 15 is 0 Å². The van der Waals surface area contributed by atoms with Gasteiger partial charge in [-0.05, 0) is 24.6 Å². The Morgan fingerprint density at radius 1 is 1.23 bits per heavy atom. The number of nitrogens with zero attached hydrogens (tertiary/aromatic N) is 1. The number of aliphatic carboxylic acids is 1. The fraction of sp³-hybridized carbons (Fsp3) is 0.360. The lowest BCUT2D eigenvalue weighted by Crippen LogP contribution is -2.22. The van der Waals surface area contributed by atoms with Crippen molar-refractivity contribution >= 4 is 5.97 Å². The Morgan fingerprint density at radius 3 is 2.74 bits per heavy atom. The van der Waals surface area contributed by atoms with Crippen molar-refractivity contribution in [3.8, 4) is 23.0 Å². The van der Waals surface area contributed by atoms with Crippen molar-refractivity contribution in [3.63, 3.8) is 0 Å². The number of aryl methyl sites for hydroxylation is 1. The van der Waals surface area contributed by atoms with Crippen LogP contribution in [0.25, 0.3) is 11.5 Å². The van der Waals surface area contributed by atoms with Crippen molar-refractivity contribution in [2.24, 2.45) is 5.92 Å². The summed E-state index contributed by atoms with van der Waals surface area (Å²) < 4.78 is 17.7. The van der Waals surface area contributed by atoms with Crippen LogP contribution < -0.4 is 9.47 Å². The molecule has 6 heteroatoms. The minimum absolute atomic E-state index is 0.120. The summed E-state index contributed by atoms with van der Waals surface area (Å²) in [7, 11) is 0. The summed E-state index contributed by atoms with van der Waals surface area (Å²) in [5.74, 6) is 1.59. The van der Waals surface area contributed by atoms with E-state index in [2.05, 4.69) is 11.9 Å². The highest BCUT2D eigenvalue weighted by molar-refractivity contribution is 5.72. The molecular formula is C25H27NO5. The Balaban J connectivity index is 1.41. The van der Waals surface area contributed by atoms with Crippen molar-refractivity contribution in [1.82, 2.24) is 4.98 Å². The maximum absolute atomic E-state index is 11.5. The van der Waals surface area contributed by atoms with E-state index in [1.54, 1.807) is 0 Å². The second kappa shape index (κ2) is 9.25. The van der Waals surface area contributed by atoms with Crippen molar-refractivity contribution in [1.29, 1.82) is 0 Å². The van der Waals surface area contributed by atoms with Gasteiger partial charge in [0, 0.05) is 36.0 Å². The predicted octanol–water partition coefficient (Wildman–Crippen LogP) is 5.11. The van der Waals surface area contributed by atoms with Crippen LogP contribution in [0, 0.1) is 5.92 Å². The van der Waals surface area contributed by atoms with Crippen LogP contribution in [-0.2, 0) is 17.6 Å². The summed E-state index contributed by atoms with van der Waals surface area (Å²) in [5, 5.41) is 9.46. The first-order valence-corrected chi connectivity index (χ1v) is 10.8. The highest BCUT2D eigenvalue weighted by atomic mass is 16.5. The molecule has 162 valence electrons. The Bertz CT molecular complexity index is 1040. The highest BCUT2D eigenvalue weighted by Crippen LogP contribution is 2.41. The fourth-order valence-electron chi connectivity index (χ4n) is 4.09. The monoisotopic (exact) mass is 421 g/mol. The van der Waals surface area contributed by atoms with Crippen LogP contribution >= 0.6 is 0 Å². The van der Waals surface area contributed by atoms with Crippen LogP contribution in [0.5, 0.6) is 11.5 Å². The molecule has 0 bridgehead atoms. The van der Waals surface area contributed by atoms with E-state index in [9.17, 15) is 9.90 Å². The second-order valence-corrected chi connectivity index (χ2v) is 7.68. The molecule has 0 saturated carbocycles. The van der Waals surface area contributed by atoms with E-state index in [0.717, 1.165) is 29.0 Å². The lowest BCUT2D eigenvalue weighted by atomic mass is 9.86. The van der Waals surface area contributed by atoms with Gasteiger partial charge in [0.2, 0.25) is 5.89 Å². The van der Waals surface area contributed by atoms with Crippen molar-refractivity contribution in [3.05, 3.63) is 65.5 Å². The van der Waals surface area contributed by atoms with Crippen molar-refractivity contribution in [2.75, 3.05) is 13.2 Å². The molecule has 2 unspecified atom stereocenters. The standard InChI is InChI=1S/C25H27NO5/c1-3-18(25(27)28)20-15-30-23-14-17(10-11-19(20)23)29-13-12-21-22(4-2)31-24(26-21)16-8-6-5-7-9-16/h5-11,14,18,20H,3-4,12-13,15H2,1-2H3,(H,27,28). The van der Waals surface area contributed by atoms with Crippen LogP contribution in [-0.4, -0.2) is 29.3 Å². The molecule has 4 rings (SSSR count). The first-order valence-electron chi connectivity index (χ1n) is 10.8. The summed E-state index contributed by atoms with van der Waals surface area (Å²) in [6.45, 7) is 4.80. The number of benzene rings is 2. The quantitative estimate of drug-likeness (QED) is 0.517. The number of rotatable bonds is 9. The predicted molar refractivity (Wildman–Crippen MR) is 117 cm³/mol. The van der Waals surface area contributed by atoms with Gasteiger partial charge in [-0.1, -0.05) is 38.1 Å². The summed E-state index contributed by atoms with van der Waals surface area (Å²) in [5.41, 5.74) is 2.81. The molecule has 1 aliphatic heterocycles. The van der Waals surface area contributed by atoms with Crippen LogP contribution in [0.2, 0.25) is 0 Å². The molecule has 0 aliphatic carbocycles. The number of fused-ring (bicyclic) bond motifs is 1. The van der Waals surface area contributed by atoms with E-state index in [1.165, 1.54) is 0 Å². The first-order chi connectivity index (χ1) is 15.1. The third-order valence-corrected chi connectivity index (χ3v) is 5.77.